The van der Waals surface area contributed by atoms with Crippen LogP contribution in [0.3, 0.4) is 0 Å². The quantitative estimate of drug-likeness (QED) is 0.722. The zero-order valence-corrected chi connectivity index (χ0v) is 17.2. The highest BCUT2D eigenvalue weighted by atomic mass is 35.5. The highest BCUT2D eigenvalue weighted by Gasteiger charge is 2.27. The summed E-state index contributed by atoms with van der Waals surface area (Å²) >= 11 is 5.79. The summed E-state index contributed by atoms with van der Waals surface area (Å²) in [5.41, 5.74) is 2.42. The first-order valence-electron chi connectivity index (χ1n) is 8.94. The molecule has 0 saturated heterocycles. The number of rotatable bonds is 5. The van der Waals surface area contributed by atoms with Gasteiger partial charge in [0.1, 0.15) is 11.6 Å². The largest absolute Gasteiger partial charge is 0.444 e. The summed E-state index contributed by atoms with van der Waals surface area (Å²) in [7, 11) is 0. The van der Waals surface area contributed by atoms with Crippen molar-refractivity contribution in [3.63, 3.8) is 0 Å². The molecular formula is C21H23ClN2O5. The maximum atomic E-state index is 12.5. The highest BCUT2D eigenvalue weighted by molar-refractivity contribution is 6.30. The van der Waals surface area contributed by atoms with Crippen molar-refractivity contribution < 1.29 is 24.0 Å². The van der Waals surface area contributed by atoms with E-state index in [4.69, 9.17) is 21.2 Å². The van der Waals surface area contributed by atoms with Crippen LogP contribution >= 0.6 is 11.6 Å². The molecule has 2 N–H and O–H groups in total. The number of ether oxygens (including phenoxy) is 1. The van der Waals surface area contributed by atoms with Crippen LogP contribution < -0.4 is 10.8 Å². The van der Waals surface area contributed by atoms with E-state index in [0.29, 0.717) is 5.02 Å². The van der Waals surface area contributed by atoms with E-state index in [2.05, 4.69) is 10.8 Å². The fourth-order valence-corrected chi connectivity index (χ4v) is 2.45. The molecule has 0 unspecified atom stereocenters. The summed E-state index contributed by atoms with van der Waals surface area (Å²) in [6.07, 6.45) is -0.602. The lowest BCUT2D eigenvalue weighted by molar-refractivity contribution is -0.151. The summed E-state index contributed by atoms with van der Waals surface area (Å²) in [4.78, 5) is 41.6. The van der Waals surface area contributed by atoms with Crippen LogP contribution in [0.25, 0.3) is 0 Å². The van der Waals surface area contributed by atoms with Gasteiger partial charge in [-0.15, -0.1) is 0 Å². The predicted octanol–water partition coefficient (Wildman–Crippen LogP) is 3.66. The Hall–Kier alpha value is -3.06. The standard InChI is InChI=1S/C21H23ClN2O5/c1-21(2,3)28-20(27)23-17(13-14-7-5-4-6-8-14)19(26)29-24-18(25)15-9-11-16(22)12-10-15/h4-12,17H,13H2,1-3H3,(H,23,27)(H,24,25)/t17-/m0/s1. The topological polar surface area (TPSA) is 93.7 Å². The molecule has 8 heteroatoms. The Bertz CT molecular complexity index is 848. The van der Waals surface area contributed by atoms with Gasteiger partial charge in [0, 0.05) is 17.0 Å². The number of carbonyl (C=O) groups excluding carboxylic acids is 3. The second-order valence-corrected chi connectivity index (χ2v) is 7.68. The minimum Gasteiger partial charge on any atom is -0.444 e. The fourth-order valence-electron chi connectivity index (χ4n) is 2.32. The molecule has 0 aliphatic carbocycles. The van der Waals surface area contributed by atoms with Gasteiger partial charge in [0.2, 0.25) is 0 Å². The molecule has 29 heavy (non-hydrogen) atoms. The van der Waals surface area contributed by atoms with E-state index >= 15 is 0 Å². The van der Waals surface area contributed by atoms with E-state index in [1.807, 2.05) is 30.3 Å². The van der Waals surface area contributed by atoms with Crippen LogP contribution in [0.2, 0.25) is 5.02 Å². The van der Waals surface area contributed by atoms with Gasteiger partial charge in [-0.3, -0.25) is 4.79 Å². The second kappa shape index (κ2) is 9.93. The van der Waals surface area contributed by atoms with Gasteiger partial charge in [0.25, 0.3) is 5.91 Å². The maximum absolute atomic E-state index is 12.5. The summed E-state index contributed by atoms with van der Waals surface area (Å²) in [6.45, 7) is 5.14. The molecule has 0 aromatic heterocycles. The SMILES string of the molecule is CC(C)(C)OC(=O)N[C@@H](Cc1ccccc1)C(=O)ONC(=O)c1ccc(Cl)cc1. The number of hydrogen-bond donors (Lipinski definition) is 2. The summed E-state index contributed by atoms with van der Waals surface area (Å²) in [5, 5.41) is 2.96. The summed E-state index contributed by atoms with van der Waals surface area (Å²) in [5.74, 6) is -1.45. The Balaban J connectivity index is 2.03. The van der Waals surface area contributed by atoms with Crippen molar-refractivity contribution >= 4 is 29.6 Å². The maximum Gasteiger partial charge on any atom is 0.408 e. The number of hydrogen-bond acceptors (Lipinski definition) is 5. The Morgan fingerprint density at radius 3 is 2.21 bits per heavy atom. The molecule has 0 radical (unpaired) electrons. The second-order valence-electron chi connectivity index (χ2n) is 7.25. The summed E-state index contributed by atoms with van der Waals surface area (Å²) in [6, 6.07) is 14.1. The molecule has 0 heterocycles. The molecule has 2 aromatic carbocycles. The van der Waals surface area contributed by atoms with Gasteiger partial charge < -0.3 is 14.9 Å². The molecule has 154 valence electrons. The molecule has 0 aliphatic heterocycles. The van der Waals surface area contributed by atoms with Crippen molar-refractivity contribution in [2.75, 3.05) is 0 Å². The highest BCUT2D eigenvalue weighted by Crippen LogP contribution is 2.11. The molecular weight excluding hydrogens is 396 g/mol. The van der Waals surface area contributed by atoms with Gasteiger partial charge in [-0.25, -0.2) is 9.59 Å². The van der Waals surface area contributed by atoms with Crippen molar-refractivity contribution in [1.29, 1.82) is 0 Å². The minimum absolute atomic E-state index is 0.162. The smallest absolute Gasteiger partial charge is 0.408 e. The van der Waals surface area contributed by atoms with E-state index in [0.717, 1.165) is 5.56 Å². The van der Waals surface area contributed by atoms with E-state index in [9.17, 15) is 14.4 Å². The number of alkyl carbamates (subject to hydrolysis) is 1. The predicted molar refractivity (Wildman–Crippen MR) is 108 cm³/mol. The zero-order valence-electron chi connectivity index (χ0n) is 16.4. The van der Waals surface area contributed by atoms with Crippen LogP contribution in [0.5, 0.6) is 0 Å². The van der Waals surface area contributed by atoms with Crippen molar-refractivity contribution in [2.45, 2.75) is 38.8 Å². The Labute approximate surface area is 174 Å². The van der Waals surface area contributed by atoms with Gasteiger partial charge in [-0.2, -0.15) is 5.48 Å². The lowest BCUT2D eigenvalue weighted by atomic mass is 10.1. The van der Waals surface area contributed by atoms with Gasteiger partial charge in [-0.1, -0.05) is 41.9 Å². The number of hydroxylamine groups is 1. The molecule has 0 spiro atoms. The van der Waals surface area contributed by atoms with E-state index in [1.54, 1.807) is 32.9 Å². The van der Waals surface area contributed by atoms with E-state index < -0.39 is 29.6 Å². The molecule has 0 fully saturated rings. The van der Waals surface area contributed by atoms with Gasteiger partial charge in [0.05, 0.1) is 0 Å². The number of benzene rings is 2. The van der Waals surface area contributed by atoms with Gasteiger partial charge in [0.15, 0.2) is 0 Å². The lowest BCUT2D eigenvalue weighted by Crippen LogP contribution is -2.47. The Morgan fingerprint density at radius 2 is 1.62 bits per heavy atom. The van der Waals surface area contributed by atoms with E-state index in [-0.39, 0.29) is 12.0 Å². The van der Waals surface area contributed by atoms with Gasteiger partial charge >= 0.3 is 12.1 Å². The molecule has 0 bridgehead atoms. The van der Waals surface area contributed by atoms with Crippen molar-refractivity contribution in [3.05, 3.63) is 70.7 Å². The third kappa shape index (κ3) is 7.83. The molecule has 0 saturated carbocycles. The van der Waals surface area contributed by atoms with Crippen molar-refractivity contribution in [1.82, 2.24) is 10.8 Å². The molecule has 1 atom stereocenters. The third-order valence-corrected chi connectivity index (χ3v) is 3.86. The zero-order chi connectivity index (χ0) is 21.4. The number of amides is 2. The van der Waals surface area contributed by atoms with Crippen LogP contribution in [0, 0.1) is 0 Å². The van der Waals surface area contributed by atoms with Crippen LogP contribution in [-0.2, 0) is 20.8 Å². The van der Waals surface area contributed by atoms with Gasteiger partial charge in [-0.05, 0) is 50.6 Å². The van der Waals surface area contributed by atoms with Crippen LogP contribution in [0.15, 0.2) is 54.6 Å². The lowest BCUT2D eigenvalue weighted by Gasteiger charge is -2.22. The van der Waals surface area contributed by atoms with Crippen LogP contribution in [-0.4, -0.2) is 29.6 Å². The number of nitrogens with one attached hydrogen (secondary N) is 2. The minimum atomic E-state index is -1.06. The Kier molecular flexibility index (Phi) is 7.61. The number of carbonyl (C=O) groups is 3. The molecule has 2 amide bonds. The first-order chi connectivity index (χ1) is 13.6. The summed E-state index contributed by atoms with van der Waals surface area (Å²) < 4.78 is 5.20. The van der Waals surface area contributed by atoms with Crippen LogP contribution in [0.1, 0.15) is 36.7 Å². The third-order valence-electron chi connectivity index (χ3n) is 3.61. The first kappa shape index (κ1) is 22.2. The number of halogens is 1. The van der Waals surface area contributed by atoms with Crippen LogP contribution in [0.4, 0.5) is 4.79 Å². The molecule has 2 aromatic rings. The molecule has 0 aliphatic rings. The van der Waals surface area contributed by atoms with Crippen molar-refractivity contribution in [2.24, 2.45) is 0 Å². The molecule has 2 rings (SSSR count). The normalized spacial score (nSPS) is 11.9. The fraction of sp³-hybridized carbons (Fsp3) is 0.286. The van der Waals surface area contributed by atoms with E-state index in [1.165, 1.54) is 12.1 Å². The Morgan fingerprint density at radius 1 is 1.00 bits per heavy atom. The average molecular weight is 419 g/mol. The first-order valence-corrected chi connectivity index (χ1v) is 9.32. The monoisotopic (exact) mass is 418 g/mol. The van der Waals surface area contributed by atoms with Crippen molar-refractivity contribution in [3.8, 4) is 0 Å². The average Bonchev–Trinajstić information content (AvgIpc) is 2.65. The molecule has 7 nitrogen and oxygen atoms in total.